The number of nitrogens with one attached hydrogen (secondary N) is 1. The summed E-state index contributed by atoms with van der Waals surface area (Å²) in [5.41, 5.74) is 0. The van der Waals surface area contributed by atoms with Gasteiger partial charge in [-0.2, -0.15) is 0 Å². The van der Waals surface area contributed by atoms with E-state index >= 15 is 0 Å². The molecule has 0 aromatic heterocycles. The van der Waals surface area contributed by atoms with Gasteiger partial charge in [-0.25, -0.2) is 0 Å². The molecule has 0 bridgehead atoms. The van der Waals surface area contributed by atoms with Crippen molar-refractivity contribution >= 4 is 11.9 Å². The van der Waals surface area contributed by atoms with Gasteiger partial charge >= 0.3 is 5.97 Å². The van der Waals surface area contributed by atoms with Gasteiger partial charge in [0.25, 0.3) is 0 Å². The summed E-state index contributed by atoms with van der Waals surface area (Å²) in [4.78, 5) is 24.6. The van der Waals surface area contributed by atoms with Crippen LogP contribution in [0.5, 0.6) is 0 Å². The lowest BCUT2D eigenvalue weighted by Crippen LogP contribution is -2.45. The summed E-state index contributed by atoms with van der Waals surface area (Å²) in [7, 11) is 0. The predicted molar refractivity (Wildman–Crippen MR) is 315 cm³/mol. The van der Waals surface area contributed by atoms with Gasteiger partial charge in [-0.15, -0.1) is 0 Å². The molecule has 422 valence electrons. The van der Waals surface area contributed by atoms with Crippen LogP contribution in [0.2, 0.25) is 0 Å². The normalized spacial score (nSPS) is 12.9. The monoisotopic (exact) mass is 1010 g/mol. The minimum Gasteiger partial charge on any atom is -0.466 e. The van der Waals surface area contributed by atoms with Crippen LogP contribution >= 0.6 is 0 Å². The number of aliphatic hydroxyl groups is 2. The number of aliphatic hydroxyl groups excluding tert-OH is 2. The van der Waals surface area contributed by atoms with Crippen molar-refractivity contribution in [3.8, 4) is 0 Å². The number of rotatable bonds is 59. The van der Waals surface area contributed by atoms with Crippen LogP contribution in [-0.4, -0.2) is 47.4 Å². The Morgan fingerprint density at radius 2 is 0.694 bits per heavy atom. The lowest BCUT2D eigenvalue weighted by Gasteiger charge is -2.20. The van der Waals surface area contributed by atoms with Crippen molar-refractivity contribution in [2.75, 3.05) is 13.2 Å². The highest BCUT2D eigenvalue weighted by molar-refractivity contribution is 5.76. The molecule has 0 saturated heterocycles. The number of hydrogen-bond acceptors (Lipinski definition) is 5. The molecule has 2 unspecified atom stereocenters. The molecule has 1 amide bonds. The zero-order valence-electron chi connectivity index (χ0n) is 48.2. The first-order valence-corrected chi connectivity index (χ1v) is 31.9. The van der Waals surface area contributed by atoms with Crippen molar-refractivity contribution in [3.05, 3.63) is 48.6 Å². The maximum Gasteiger partial charge on any atom is 0.305 e. The molecule has 3 N–H and O–H groups in total. The lowest BCUT2D eigenvalue weighted by molar-refractivity contribution is -0.143. The summed E-state index contributed by atoms with van der Waals surface area (Å²) in [6, 6.07) is -0.640. The molecular formula is C66H123NO5. The van der Waals surface area contributed by atoms with Crippen LogP contribution in [-0.2, 0) is 14.3 Å². The molecule has 0 aliphatic heterocycles. The molecule has 0 heterocycles. The second-order valence-electron chi connectivity index (χ2n) is 21.7. The van der Waals surface area contributed by atoms with E-state index in [1.165, 1.54) is 238 Å². The van der Waals surface area contributed by atoms with Gasteiger partial charge in [-0.1, -0.05) is 281 Å². The first-order chi connectivity index (χ1) is 35.5. The minimum absolute atomic E-state index is 0.00563. The topological polar surface area (TPSA) is 95.9 Å². The Morgan fingerprint density at radius 1 is 0.389 bits per heavy atom. The number of hydrogen-bond donors (Lipinski definition) is 3. The summed E-state index contributed by atoms with van der Waals surface area (Å²) in [5, 5.41) is 23.2. The van der Waals surface area contributed by atoms with Crippen LogP contribution in [0.3, 0.4) is 0 Å². The van der Waals surface area contributed by atoms with Gasteiger partial charge < -0.3 is 20.3 Å². The van der Waals surface area contributed by atoms with Crippen molar-refractivity contribution in [2.24, 2.45) is 0 Å². The second kappa shape index (κ2) is 61.4. The molecule has 0 saturated carbocycles. The van der Waals surface area contributed by atoms with Crippen LogP contribution in [0.15, 0.2) is 48.6 Å². The Balaban J connectivity index is 3.48. The molecule has 0 aliphatic rings. The number of unbranched alkanes of at least 4 members (excludes halogenated alkanes) is 42. The third-order valence-electron chi connectivity index (χ3n) is 14.6. The van der Waals surface area contributed by atoms with Crippen LogP contribution in [0.4, 0.5) is 0 Å². The maximum absolute atomic E-state index is 12.5. The van der Waals surface area contributed by atoms with Gasteiger partial charge in [-0.3, -0.25) is 9.59 Å². The smallest absolute Gasteiger partial charge is 0.305 e. The highest BCUT2D eigenvalue weighted by atomic mass is 16.5. The first kappa shape index (κ1) is 69.8. The predicted octanol–water partition coefficient (Wildman–Crippen LogP) is 20.1. The molecule has 6 nitrogen and oxygen atoms in total. The Morgan fingerprint density at radius 3 is 1.10 bits per heavy atom. The van der Waals surface area contributed by atoms with Crippen LogP contribution in [0.25, 0.3) is 0 Å². The SMILES string of the molecule is CCCCC/C=C\C/C=C\CCCCCCCCCC(=O)OCCCCCCCCCCC/C=C\CCCCCCCC(=O)NC(CO)C(O)/C=C/CCCCCCCCCCCCCCCCCCCC. The highest BCUT2D eigenvalue weighted by Gasteiger charge is 2.18. The number of esters is 1. The van der Waals surface area contributed by atoms with E-state index in [0.29, 0.717) is 19.4 Å². The van der Waals surface area contributed by atoms with Gasteiger partial charge in [0.1, 0.15) is 0 Å². The third-order valence-corrected chi connectivity index (χ3v) is 14.6. The maximum atomic E-state index is 12.5. The Hall–Kier alpha value is -2.18. The van der Waals surface area contributed by atoms with E-state index in [9.17, 15) is 19.8 Å². The zero-order valence-corrected chi connectivity index (χ0v) is 48.2. The third kappa shape index (κ3) is 57.1. The number of allylic oxidation sites excluding steroid dienone is 7. The average molecular weight is 1010 g/mol. The van der Waals surface area contributed by atoms with Crippen molar-refractivity contribution in [1.29, 1.82) is 0 Å². The summed E-state index contributed by atoms with van der Waals surface area (Å²) >= 11 is 0. The molecule has 0 spiro atoms. The number of amides is 1. The van der Waals surface area contributed by atoms with E-state index in [4.69, 9.17) is 4.74 Å². The zero-order chi connectivity index (χ0) is 52.2. The Bertz CT molecular complexity index is 1210. The fourth-order valence-corrected chi connectivity index (χ4v) is 9.66. The van der Waals surface area contributed by atoms with Crippen molar-refractivity contribution in [3.63, 3.8) is 0 Å². The van der Waals surface area contributed by atoms with E-state index in [0.717, 1.165) is 70.6 Å². The summed E-state index contributed by atoms with van der Waals surface area (Å²) in [6.45, 7) is 4.88. The molecule has 72 heavy (non-hydrogen) atoms. The van der Waals surface area contributed by atoms with Crippen molar-refractivity contribution in [1.82, 2.24) is 5.32 Å². The quantitative estimate of drug-likeness (QED) is 0.0320. The van der Waals surface area contributed by atoms with E-state index in [1.54, 1.807) is 6.08 Å². The second-order valence-corrected chi connectivity index (χ2v) is 21.7. The molecule has 6 heteroatoms. The lowest BCUT2D eigenvalue weighted by atomic mass is 10.0. The standard InChI is InChI=1S/C66H123NO5/c1-3-5-7-9-11-13-15-17-19-21-22-23-27-30-34-38-42-46-50-54-58-64(69)63(62-68)67-65(70)59-55-51-47-43-39-35-31-28-24-25-29-33-37-41-45-49-53-57-61-72-66(71)60-56-52-48-44-40-36-32-26-20-18-16-14-12-10-8-6-4-2/h12,14,18,20,28,31,54,58,63-64,68-69H,3-11,13,15-17,19,21-27,29-30,32-53,55-57,59-62H2,1-2H3,(H,67,70)/b14-12-,20-18-,31-28-,58-54+. The minimum atomic E-state index is -0.855. The van der Waals surface area contributed by atoms with Gasteiger partial charge in [0, 0.05) is 12.8 Å². The van der Waals surface area contributed by atoms with Gasteiger partial charge in [-0.05, 0) is 89.9 Å². The summed E-state index contributed by atoms with van der Waals surface area (Å²) < 4.78 is 5.48. The Kier molecular flexibility index (Phi) is 59.5. The largest absolute Gasteiger partial charge is 0.466 e. The number of ether oxygens (including phenoxy) is 1. The highest BCUT2D eigenvalue weighted by Crippen LogP contribution is 2.17. The van der Waals surface area contributed by atoms with Gasteiger partial charge in [0.05, 0.1) is 25.4 Å². The number of carbonyl (C=O) groups excluding carboxylic acids is 2. The van der Waals surface area contributed by atoms with Crippen LogP contribution in [0.1, 0.15) is 335 Å². The molecule has 0 aromatic rings. The van der Waals surface area contributed by atoms with Gasteiger partial charge in [0.15, 0.2) is 0 Å². The molecule has 0 radical (unpaired) electrons. The Labute approximate surface area is 448 Å². The fourth-order valence-electron chi connectivity index (χ4n) is 9.66. The van der Waals surface area contributed by atoms with Crippen molar-refractivity contribution in [2.45, 2.75) is 347 Å². The number of carbonyl (C=O) groups is 2. The molecular weight excluding hydrogens is 887 g/mol. The van der Waals surface area contributed by atoms with E-state index < -0.39 is 12.1 Å². The van der Waals surface area contributed by atoms with Crippen LogP contribution in [0, 0.1) is 0 Å². The van der Waals surface area contributed by atoms with Gasteiger partial charge in [0.2, 0.25) is 5.91 Å². The molecule has 0 rings (SSSR count). The first-order valence-electron chi connectivity index (χ1n) is 31.9. The van der Waals surface area contributed by atoms with E-state index in [-0.39, 0.29) is 18.5 Å². The fraction of sp³-hybridized carbons (Fsp3) is 0.848. The van der Waals surface area contributed by atoms with E-state index in [1.807, 2.05) is 6.08 Å². The summed E-state index contributed by atoms with van der Waals surface area (Å²) in [5.74, 6) is -0.0863. The molecule has 0 fully saturated rings. The molecule has 0 aromatic carbocycles. The molecule has 2 atom stereocenters. The average Bonchev–Trinajstić information content (AvgIpc) is 3.38. The van der Waals surface area contributed by atoms with Crippen LogP contribution < -0.4 is 5.32 Å². The summed E-state index contributed by atoms with van der Waals surface area (Å²) in [6.07, 6.45) is 78.6. The van der Waals surface area contributed by atoms with E-state index in [2.05, 4.69) is 55.6 Å². The molecule has 0 aliphatic carbocycles. The van der Waals surface area contributed by atoms with Crippen molar-refractivity contribution < 1.29 is 24.5 Å².